The molecule has 0 atom stereocenters. The van der Waals surface area contributed by atoms with Gasteiger partial charge >= 0.3 is 0 Å². The lowest BCUT2D eigenvalue weighted by Gasteiger charge is -2.17. The summed E-state index contributed by atoms with van der Waals surface area (Å²) in [4.78, 5) is 0. The zero-order valence-electron chi connectivity index (χ0n) is 13.7. The lowest BCUT2D eigenvalue weighted by Crippen LogP contribution is -2.05. The van der Waals surface area contributed by atoms with Crippen molar-refractivity contribution in [3.05, 3.63) is 35.9 Å². The molecule has 0 aliphatic rings. The summed E-state index contributed by atoms with van der Waals surface area (Å²) in [6.45, 7) is 4.60. The molecule has 0 aromatic heterocycles. The Morgan fingerprint density at radius 2 is 1.25 bits per heavy atom. The summed E-state index contributed by atoms with van der Waals surface area (Å²) in [5.74, 6) is 0.908. The van der Waals surface area contributed by atoms with Gasteiger partial charge in [0.15, 0.2) is 0 Å². The quantitative estimate of drug-likeness (QED) is 0.368. The maximum atomic E-state index is 2.30. The summed E-state index contributed by atoms with van der Waals surface area (Å²) < 4.78 is 0. The largest absolute Gasteiger partial charge is 0.0654 e. The normalized spacial score (nSPS) is 11.2. The van der Waals surface area contributed by atoms with Crippen LogP contribution in [0.15, 0.2) is 30.3 Å². The maximum Gasteiger partial charge on any atom is -0.0250 e. The molecule has 0 fully saturated rings. The van der Waals surface area contributed by atoms with E-state index < -0.39 is 0 Å². The van der Waals surface area contributed by atoms with E-state index in [4.69, 9.17) is 0 Å². The van der Waals surface area contributed by atoms with Crippen molar-refractivity contribution in [2.75, 3.05) is 0 Å². The molecule has 0 aliphatic carbocycles. The second-order valence-electron chi connectivity index (χ2n) is 6.25. The van der Waals surface area contributed by atoms with E-state index in [2.05, 4.69) is 44.2 Å². The molecule has 1 rings (SSSR count). The molecule has 0 nitrogen and oxygen atoms in total. The van der Waals surface area contributed by atoms with Crippen LogP contribution in [-0.4, -0.2) is 0 Å². The Kier molecular flexibility index (Phi) is 10.4. The van der Waals surface area contributed by atoms with E-state index in [1.54, 1.807) is 0 Å². The van der Waals surface area contributed by atoms with E-state index in [1.807, 2.05) is 0 Å². The van der Waals surface area contributed by atoms with Crippen LogP contribution in [0.5, 0.6) is 0 Å². The number of hydrogen-bond donors (Lipinski definition) is 0. The molecular formula is C20H34. The predicted molar refractivity (Wildman–Crippen MR) is 91.2 cm³/mol. The van der Waals surface area contributed by atoms with Gasteiger partial charge in [-0.25, -0.2) is 0 Å². The highest BCUT2D eigenvalue weighted by Gasteiger charge is 2.09. The van der Waals surface area contributed by atoms with Crippen molar-refractivity contribution in [2.45, 2.75) is 84.5 Å². The van der Waals surface area contributed by atoms with Crippen molar-refractivity contribution in [3.63, 3.8) is 0 Å². The van der Waals surface area contributed by atoms with Gasteiger partial charge in [0.2, 0.25) is 0 Å². The van der Waals surface area contributed by atoms with Gasteiger partial charge in [-0.1, -0.05) is 108 Å². The van der Waals surface area contributed by atoms with Crippen LogP contribution in [0.1, 0.15) is 83.6 Å². The van der Waals surface area contributed by atoms with E-state index in [0.717, 1.165) is 5.92 Å². The Hall–Kier alpha value is -0.780. The minimum Gasteiger partial charge on any atom is -0.0654 e. The SMILES string of the molecule is CCCCCCC(CCCCCC)Cc1ccccc1. The molecule has 0 bridgehead atoms. The fourth-order valence-electron chi connectivity index (χ4n) is 3.02. The maximum absolute atomic E-state index is 2.30. The van der Waals surface area contributed by atoms with Crippen LogP contribution in [0.2, 0.25) is 0 Å². The van der Waals surface area contributed by atoms with Gasteiger partial charge < -0.3 is 0 Å². The van der Waals surface area contributed by atoms with Crippen LogP contribution < -0.4 is 0 Å². The second kappa shape index (κ2) is 12.0. The Balaban J connectivity index is 2.33. The minimum absolute atomic E-state index is 0.908. The fourth-order valence-corrected chi connectivity index (χ4v) is 3.02. The molecule has 0 heterocycles. The van der Waals surface area contributed by atoms with Crippen molar-refractivity contribution >= 4 is 0 Å². The first-order valence-electron chi connectivity index (χ1n) is 8.90. The standard InChI is InChI=1S/C20H34/c1-3-5-7-10-14-19(15-11-8-6-4-2)18-20-16-12-9-13-17-20/h9,12-13,16-17,19H,3-8,10-11,14-15,18H2,1-2H3. The zero-order chi connectivity index (χ0) is 14.5. The van der Waals surface area contributed by atoms with E-state index >= 15 is 0 Å². The van der Waals surface area contributed by atoms with Crippen LogP contribution in [0, 0.1) is 5.92 Å². The molecule has 0 amide bonds. The smallest absolute Gasteiger partial charge is 0.0250 e. The summed E-state index contributed by atoms with van der Waals surface area (Å²) in [5.41, 5.74) is 1.53. The molecule has 0 aliphatic heterocycles. The molecular weight excluding hydrogens is 240 g/mol. The summed E-state index contributed by atoms with van der Waals surface area (Å²) >= 11 is 0. The monoisotopic (exact) mass is 274 g/mol. The Morgan fingerprint density at radius 3 is 1.75 bits per heavy atom. The molecule has 0 saturated carbocycles. The fraction of sp³-hybridized carbons (Fsp3) is 0.700. The average molecular weight is 274 g/mol. The van der Waals surface area contributed by atoms with Crippen LogP contribution in [-0.2, 0) is 6.42 Å². The van der Waals surface area contributed by atoms with Crippen molar-refractivity contribution in [2.24, 2.45) is 5.92 Å². The van der Waals surface area contributed by atoms with Gasteiger partial charge in [-0.15, -0.1) is 0 Å². The lowest BCUT2D eigenvalue weighted by atomic mass is 9.89. The number of unbranched alkanes of at least 4 members (excludes halogenated alkanes) is 6. The van der Waals surface area contributed by atoms with E-state index in [1.165, 1.54) is 76.2 Å². The van der Waals surface area contributed by atoms with Crippen molar-refractivity contribution in [3.8, 4) is 0 Å². The third-order valence-electron chi connectivity index (χ3n) is 4.30. The first-order chi connectivity index (χ1) is 9.86. The number of benzene rings is 1. The van der Waals surface area contributed by atoms with Crippen LogP contribution in [0.3, 0.4) is 0 Å². The summed E-state index contributed by atoms with van der Waals surface area (Å²) in [7, 11) is 0. The third kappa shape index (κ3) is 8.40. The summed E-state index contributed by atoms with van der Waals surface area (Å²) in [5, 5.41) is 0. The number of hydrogen-bond acceptors (Lipinski definition) is 0. The first-order valence-corrected chi connectivity index (χ1v) is 8.90. The molecule has 20 heavy (non-hydrogen) atoms. The molecule has 1 aromatic carbocycles. The third-order valence-corrected chi connectivity index (χ3v) is 4.30. The highest BCUT2D eigenvalue weighted by atomic mass is 14.1. The topological polar surface area (TPSA) is 0 Å². The van der Waals surface area contributed by atoms with Crippen LogP contribution in [0.25, 0.3) is 0 Å². The van der Waals surface area contributed by atoms with E-state index in [9.17, 15) is 0 Å². The molecule has 0 spiro atoms. The highest BCUT2D eigenvalue weighted by Crippen LogP contribution is 2.22. The van der Waals surface area contributed by atoms with Gasteiger partial charge in [0.05, 0.1) is 0 Å². The molecule has 0 saturated heterocycles. The van der Waals surface area contributed by atoms with Crippen molar-refractivity contribution < 1.29 is 0 Å². The Bertz CT molecular complexity index is 289. The van der Waals surface area contributed by atoms with Crippen LogP contribution in [0.4, 0.5) is 0 Å². The average Bonchev–Trinajstić information content (AvgIpc) is 2.49. The van der Waals surface area contributed by atoms with E-state index in [-0.39, 0.29) is 0 Å². The van der Waals surface area contributed by atoms with E-state index in [0.29, 0.717) is 0 Å². The molecule has 1 aromatic rings. The van der Waals surface area contributed by atoms with Gasteiger partial charge in [-0.05, 0) is 17.9 Å². The van der Waals surface area contributed by atoms with Gasteiger partial charge in [0, 0.05) is 0 Å². The minimum atomic E-state index is 0.908. The molecule has 114 valence electrons. The summed E-state index contributed by atoms with van der Waals surface area (Å²) in [6, 6.07) is 11.1. The van der Waals surface area contributed by atoms with Crippen LogP contribution >= 0.6 is 0 Å². The molecule has 0 heteroatoms. The van der Waals surface area contributed by atoms with Gasteiger partial charge in [-0.3, -0.25) is 0 Å². The van der Waals surface area contributed by atoms with Gasteiger partial charge in [-0.2, -0.15) is 0 Å². The Labute approximate surface area is 127 Å². The lowest BCUT2D eigenvalue weighted by molar-refractivity contribution is 0.404. The zero-order valence-corrected chi connectivity index (χ0v) is 13.7. The number of rotatable bonds is 12. The Morgan fingerprint density at radius 1 is 0.700 bits per heavy atom. The van der Waals surface area contributed by atoms with Gasteiger partial charge in [0.25, 0.3) is 0 Å². The van der Waals surface area contributed by atoms with Crippen molar-refractivity contribution in [1.82, 2.24) is 0 Å². The second-order valence-corrected chi connectivity index (χ2v) is 6.25. The molecule has 0 unspecified atom stereocenters. The first kappa shape index (κ1) is 17.3. The predicted octanol–water partition coefficient (Wildman–Crippen LogP) is 6.79. The molecule has 0 radical (unpaired) electrons. The highest BCUT2D eigenvalue weighted by molar-refractivity contribution is 5.15. The summed E-state index contributed by atoms with van der Waals surface area (Å²) in [6.07, 6.45) is 15.4. The van der Waals surface area contributed by atoms with Crippen molar-refractivity contribution in [1.29, 1.82) is 0 Å². The molecule has 0 N–H and O–H groups in total. The van der Waals surface area contributed by atoms with Gasteiger partial charge in [0.1, 0.15) is 0 Å².